The van der Waals surface area contributed by atoms with E-state index >= 15 is 0 Å². The highest BCUT2D eigenvalue weighted by Gasteiger charge is 2.32. The summed E-state index contributed by atoms with van der Waals surface area (Å²) in [5, 5.41) is 7.38. The largest absolute Gasteiger partial charge is 0.346 e. The van der Waals surface area contributed by atoms with Crippen LogP contribution in [0.25, 0.3) is 0 Å². The summed E-state index contributed by atoms with van der Waals surface area (Å²) in [5.41, 5.74) is 3.19. The predicted molar refractivity (Wildman–Crippen MR) is 115 cm³/mol. The second-order valence-electron chi connectivity index (χ2n) is 8.73. The molecule has 0 radical (unpaired) electrons. The number of nitrogens with one attached hydrogen (secondary N) is 1. The van der Waals surface area contributed by atoms with E-state index in [4.69, 9.17) is 0 Å². The van der Waals surface area contributed by atoms with Gasteiger partial charge in [-0.3, -0.25) is 19.3 Å². The van der Waals surface area contributed by atoms with Crippen molar-refractivity contribution in [2.45, 2.75) is 51.7 Å². The van der Waals surface area contributed by atoms with Gasteiger partial charge in [-0.15, -0.1) is 0 Å². The molecule has 1 atom stereocenters. The number of benzene rings is 1. The van der Waals surface area contributed by atoms with Gasteiger partial charge in [0, 0.05) is 68.7 Å². The van der Waals surface area contributed by atoms with Crippen LogP contribution in [0, 0.1) is 5.82 Å². The van der Waals surface area contributed by atoms with Crippen molar-refractivity contribution in [2.24, 2.45) is 7.05 Å². The average molecular weight is 414 g/mol. The van der Waals surface area contributed by atoms with Gasteiger partial charge in [0.15, 0.2) is 5.69 Å². The number of rotatable bonds is 5. The van der Waals surface area contributed by atoms with Gasteiger partial charge in [0.05, 0.1) is 0 Å². The van der Waals surface area contributed by atoms with Gasteiger partial charge in [-0.2, -0.15) is 5.10 Å². The summed E-state index contributed by atoms with van der Waals surface area (Å²) in [6.45, 7) is 9.03. The number of hydrogen-bond donors (Lipinski definition) is 1. The van der Waals surface area contributed by atoms with Crippen molar-refractivity contribution in [2.75, 3.05) is 26.2 Å². The third-order valence-corrected chi connectivity index (χ3v) is 6.64. The zero-order chi connectivity index (χ0) is 21.3. The number of carbonyl (C=O) groups excluding carboxylic acids is 1. The SMILES string of the molecule is CC(C)N1CCN([C@@H]2CCc3c(c(C(=O)NCc4ccccc4F)nn3C)C2)CC1. The highest BCUT2D eigenvalue weighted by molar-refractivity contribution is 5.94. The van der Waals surface area contributed by atoms with Gasteiger partial charge in [0.2, 0.25) is 0 Å². The van der Waals surface area contributed by atoms with Crippen LogP contribution in [0.4, 0.5) is 4.39 Å². The number of halogens is 1. The van der Waals surface area contributed by atoms with Gasteiger partial charge in [-0.25, -0.2) is 4.39 Å². The minimum atomic E-state index is -0.304. The third-order valence-electron chi connectivity index (χ3n) is 6.64. The normalized spacial score (nSPS) is 20.4. The van der Waals surface area contributed by atoms with Crippen LogP contribution in [0.1, 0.15) is 47.6 Å². The van der Waals surface area contributed by atoms with E-state index in [9.17, 15) is 9.18 Å². The lowest BCUT2D eigenvalue weighted by atomic mass is 9.89. The number of aryl methyl sites for hydroxylation is 1. The maximum atomic E-state index is 13.9. The van der Waals surface area contributed by atoms with Crippen LogP contribution < -0.4 is 5.32 Å². The first kappa shape index (κ1) is 21.0. The molecule has 1 aliphatic heterocycles. The minimum Gasteiger partial charge on any atom is -0.346 e. The number of nitrogens with zero attached hydrogens (tertiary/aromatic N) is 4. The Bertz CT molecular complexity index is 901. The van der Waals surface area contributed by atoms with Gasteiger partial charge in [-0.1, -0.05) is 18.2 Å². The Kier molecular flexibility index (Phi) is 6.20. The van der Waals surface area contributed by atoms with Crippen molar-refractivity contribution in [1.82, 2.24) is 24.9 Å². The fraction of sp³-hybridized carbons (Fsp3) is 0.565. The summed E-state index contributed by atoms with van der Waals surface area (Å²) in [6, 6.07) is 7.57. The van der Waals surface area contributed by atoms with Crippen LogP contribution in [0.15, 0.2) is 24.3 Å². The molecular formula is C23H32FN5O. The molecule has 1 saturated heterocycles. The standard InChI is InChI=1S/C23H32FN5O/c1-16(2)28-10-12-29(13-11-28)18-8-9-21-19(14-18)22(26-27(21)3)23(30)25-15-17-6-4-5-7-20(17)24/h4-7,16,18H,8-15H2,1-3H3,(H,25,30)/t18-/m1/s1. The lowest BCUT2D eigenvalue weighted by Gasteiger charge is -2.42. The van der Waals surface area contributed by atoms with Gasteiger partial charge < -0.3 is 5.32 Å². The van der Waals surface area contributed by atoms with Crippen LogP contribution in [0.5, 0.6) is 0 Å². The van der Waals surface area contributed by atoms with Crippen LogP contribution in [0.2, 0.25) is 0 Å². The van der Waals surface area contributed by atoms with E-state index in [0.717, 1.165) is 56.7 Å². The number of fused-ring (bicyclic) bond motifs is 1. The topological polar surface area (TPSA) is 53.4 Å². The lowest BCUT2D eigenvalue weighted by molar-refractivity contribution is 0.0726. The van der Waals surface area contributed by atoms with Crippen molar-refractivity contribution in [1.29, 1.82) is 0 Å². The van der Waals surface area contributed by atoms with Gasteiger partial charge in [-0.05, 0) is 39.2 Å². The van der Waals surface area contributed by atoms with E-state index in [1.54, 1.807) is 18.2 Å². The van der Waals surface area contributed by atoms with Crippen molar-refractivity contribution in [3.63, 3.8) is 0 Å². The first-order chi connectivity index (χ1) is 14.4. The molecule has 1 fully saturated rings. The molecule has 4 rings (SSSR count). The first-order valence-electron chi connectivity index (χ1n) is 11.0. The van der Waals surface area contributed by atoms with Crippen LogP contribution >= 0.6 is 0 Å². The molecule has 7 heteroatoms. The number of aromatic nitrogens is 2. The van der Waals surface area contributed by atoms with E-state index in [1.165, 1.54) is 6.07 Å². The summed E-state index contributed by atoms with van der Waals surface area (Å²) in [4.78, 5) is 18.0. The molecule has 1 aliphatic carbocycles. The van der Waals surface area contributed by atoms with Crippen molar-refractivity contribution < 1.29 is 9.18 Å². The predicted octanol–water partition coefficient (Wildman–Crippen LogP) is 2.37. The van der Waals surface area contributed by atoms with Crippen molar-refractivity contribution in [3.05, 3.63) is 52.6 Å². The van der Waals surface area contributed by atoms with E-state index in [-0.39, 0.29) is 18.3 Å². The van der Waals surface area contributed by atoms with E-state index in [1.807, 2.05) is 11.7 Å². The summed E-state index contributed by atoms with van der Waals surface area (Å²) < 4.78 is 15.7. The monoisotopic (exact) mass is 413 g/mol. The van der Waals surface area contributed by atoms with Gasteiger partial charge in [0.1, 0.15) is 5.82 Å². The molecule has 1 aromatic carbocycles. The molecule has 0 bridgehead atoms. The maximum absolute atomic E-state index is 13.9. The van der Waals surface area contributed by atoms with Crippen LogP contribution in [-0.2, 0) is 26.4 Å². The van der Waals surface area contributed by atoms with Crippen molar-refractivity contribution >= 4 is 5.91 Å². The van der Waals surface area contributed by atoms with Crippen LogP contribution in [-0.4, -0.2) is 63.8 Å². The molecule has 6 nitrogen and oxygen atoms in total. The zero-order valence-corrected chi connectivity index (χ0v) is 18.2. The molecular weight excluding hydrogens is 381 g/mol. The molecule has 2 aliphatic rings. The molecule has 162 valence electrons. The molecule has 1 aromatic heterocycles. The smallest absolute Gasteiger partial charge is 0.272 e. The Balaban J connectivity index is 1.44. The van der Waals surface area contributed by atoms with E-state index in [0.29, 0.717) is 23.3 Å². The fourth-order valence-electron chi connectivity index (χ4n) is 4.78. The number of amides is 1. The minimum absolute atomic E-state index is 0.164. The number of carbonyl (C=O) groups is 1. The quantitative estimate of drug-likeness (QED) is 0.818. The second-order valence-corrected chi connectivity index (χ2v) is 8.73. The highest BCUT2D eigenvalue weighted by atomic mass is 19.1. The summed E-state index contributed by atoms with van der Waals surface area (Å²) in [6.07, 6.45) is 2.90. The summed E-state index contributed by atoms with van der Waals surface area (Å²) >= 11 is 0. The third kappa shape index (κ3) is 4.27. The second kappa shape index (κ2) is 8.86. The number of piperazine rings is 1. The molecule has 30 heavy (non-hydrogen) atoms. The highest BCUT2D eigenvalue weighted by Crippen LogP contribution is 2.28. The number of hydrogen-bond acceptors (Lipinski definition) is 4. The average Bonchev–Trinajstić information content (AvgIpc) is 3.09. The Hall–Kier alpha value is -2.25. The van der Waals surface area contributed by atoms with Gasteiger partial charge in [0.25, 0.3) is 5.91 Å². The molecule has 0 saturated carbocycles. The Morgan fingerprint density at radius 3 is 2.67 bits per heavy atom. The lowest BCUT2D eigenvalue weighted by Crippen LogP contribution is -2.53. The maximum Gasteiger partial charge on any atom is 0.272 e. The molecule has 2 heterocycles. The van der Waals surface area contributed by atoms with E-state index in [2.05, 4.69) is 34.1 Å². The Labute approximate surface area is 178 Å². The molecule has 1 N–H and O–H groups in total. The Morgan fingerprint density at radius 1 is 1.23 bits per heavy atom. The molecule has 0 spiro atoms. The molecule has 0 unspecified atom stereocenters. The summed E-state index contributed by atoms with van der Waals surface area (Å²) in [5.74, 6) is -0.526. The molecule has 2 aromatic rings. The summed E-state index contributed by atoms with van der Waals surface area (Å²) in [7, 11) is 1.91. The van der Waals surface area contributed by atoms with Gasteiger partial charge >= 0.3 is 0 Å². The fourth-order valence-corrected chi connectivity index (χ4v) is 4.78. The first-order valence-corrected chi connectivity index (χ1v) is 11.0. The van der Waals surface area contributed by atoms with Crippen molar-refractivity contribution in [3.8, 4) is 0 Å². The van der Waals surface area contributed by atoms with E-state index < -0.39 is 0 Å². The molecule has 1 amide bonds. The Morgan fingerprint density at radius 2 is 1.97 bits per heavy atom. The van der Waals surface area contributed by atoms with Crippen LogP contribution in [0.3, 0.4) is 0 Å². The zero-order valence-electron chi connectivity index (χ0n) is 18.2.